The summed E-state index contributed by atoms with van der Waals surface area (Å²) in [6.45, 7) is 0.788. The van der Waals surface area contributed by atoms with Crippen LogP contribution in [0, 0.1) is 0 Å². The van der Waals surface area contributed by atoms with Crippen molar-refractivity contribution in [2.45, 2.75) is 6.04 Å². The van der Waals surface area contributed by atoms with Crippen molar-refractivity contribution >= 4 is 5.97 Å². The van der Waals surface area contributed by atoms with Crippen LogP contribution >= 0.6 is 0 Å². The second kappa shape index (κ2) is 3.90. The second-order valence-corrected chi connectivity index (χ2v) is 3.37. The first-order valence-electron chi connectivity index (χ1n) is 4.70. The van der Waals surface area contributed by atoms with E-state index in [9.17, 15) is 9.90 Å². The number of rotatable bonds is 2. The van der Waals surface area contributed by atoms with Crippen molar-refractivity contribution in [2.24, 2.45) is 5.73 Å². The average Bonchev–Trinajstić information content (AvgIpc) is 2.27. The number of hydrogen-bond donors (Lipinski definition) is 3. The normalized spacial score (nSPS) is 15.6. The fourth-order valence-corrected chi connectivity index (χ4v) is 1.48. The number of carboxylic acids is 1. The zero-order valence-electron chi connectivity index (χ0n) is 8.34. The Morgan fingerprint density at radius 1 is 1.31 bits per heavy atom. The van der Waals surface area contributed by atoms with E-state index >= 15 is 0 Å². The van der Waals surface area contributed by atoms with Crippen LogP contribution in [0.5, 0.6) is 17.2 Å². The molecule has 1 aromatic rings. The Morgan fingerprint density at radius 2 is 1.88 bits per heavy atom. The Hall–Kier alpha value is -1.95. The zero-order valence-corrected chi connectivity index (χ0v) is 8.34. The summed E-state index contributed by atoms with van der Waals surface area (Å²) in [4.78, 5) is 10.7. The molecule has 0 saturated heterocycles. The first-order valence-corrected chi connectivity index (χ1v) is 4.70. The van der Waals surface area contributed by atoms with Crippen LogP contribution in [0.4, 0.5) is 0 Å². The molecule has 0 bridgehead atoms. The Balaban J connectivity index is 2.43. The van der Waals surface area contributed by atoms with E-state index in [1.54, 1.807) is 0 Å². The predicted molar refractivity (Wildman–Crippen MR) is 53.7 cm³/mol. The van der Waals surface area contributed by atoms with Gasteiger partial charge in [0.15, 0.2) is 11.5 Å². The van der Waals surface area contributed by atoms with Crippen molar-refractivity contribution in [3.63, 3.8) is 0 Å². The second-order valence-electron chi connectivity index (χ2n) is 3.37. The van der Waals surface area contributed by atoms with Gasteiger partial charge in [0.25, 0.3) is 0 Å². The first-order chi connectivity index (χ1) is 7.59. The summed E-state index contributed by atoms with van der Waals surface area (Å²) in [6, 6.07) is 1.42. The Morgan fingerprint density at radius 3 is 2.44 bits per heavy atom. The number of phenols is 1. The molecule has 1 aliphatic rings. The molecule has 6 heteroatoms. The van der Waals surface area contributed by atoms with Crippen molar-refractivity contribution < 1.29 is 24.5 Å². The fraction of sp³-hybridized carbons (Fsp3) is 0.300. The van der Waals surface area contributed by atoms with Gasteiger partial charge in [-0.15, -0.1) is 0 Å². The maximum atomic E-state index is 10.7. The Bertz CT molecular complexity index is 431. The summed E-state index contributed by atoms with van der Waals surface area (Å²) in [5, 5.41) is 18.4. The van der Waals surface area contributed by atoms with Crippen LogP contribution in [0.15, 0.2) is 12.1 Å². The summed E-state index contributed by atoms with van der Waals surface area (Å²) in [6.07, 6.45) is 0. The largest absolute Gasteiger partial charge is 0.507 e. The molecule has 2 rings (SSSR count). The highest BCUT2D eigenvalue weighted by Gasteiger charge is 2.22. The van der Waals surface area contributed by atoms with Gasteiger partial charge in [0, 0.05) is 11.6 Å². The Kier molecular flexibility index (Phi) is 2.57. The lowest BCUT2D eigenvalue weighted by molar-refractivity contribution is -0.138. The van der Waals surface area contributed by atoms with Crippen LogP contribution in [-0.2, 0) is 4.79 Å². The lowest BCUT2D eigenvalue weighted by atomic mass is 10.1. The van der Waals surface area contributed by atoms with E-state index in [1.165, 1.54) is 12.1 Å². The van der Waals surface area contributed by atoms with Crippen molar-refractivity contribution in [3.8, 4) is 17.2 Å². The van der Waals surface area contributed by atoms with Crippen molar-refractivity contribution in [3.05, 3.63) is 17.7 Å². The third-order valence-electron chi connectivity index (χ3n) is 2.29. The molecule has 1 heterocycles. The number of fused-ring (bicyclic) bond motifs is 1. The van der Waals surface area contributed by atoms with Gasteiger partial charge in [0.05, 0.1) is 0 Å². The minimum atomic E-state index is -1.28. The van der Waals surface area contributed by atoms with E-state index in [0.717, 1.165) is 0 Å². The molecule has 0 spiro atoms. The maximum Gasteiger partial charge on any atom is 0.325 e. The van der Waals surface area contributed by atoms with Crippen LogP contribution in [0.3, 0.4) is 0 Å². The molecular formula is C10H11NO5. The minimum Gasteiger partial charge on any atom is -0.507 e. The molecule has 0 radical (unpaired) electrons. The number of ether oxygens (including phenoxy) is 2. The SMILES string of the molecule is NC(C(=O)O)c1cc2c(cc1O)OCCO2. The van der Waals surface area contributed by atoms with Gasteiger partial charge < -0.3 is 25.4 Å². The lowest BCUT2D eigenvalue weighted by Crippen LogP contribution is -2.22. The summed E-state index contributed by atoms with van der Waals surface area (Å²) < 4.78 is 10.5. The average molecular weight is 225 g/mol. The number of hydrogen-bond acceptors (Lipinski definition) is 5. The van der Waals surface area contributed by atoms with E-state index in [4.69, 9.17) is 20.3 Å². The minimum absolute atomic E-state index is 0.108. The Labute approximate surface area is 91.2 Å². The van der Waals surface area contributed by atoms with E-state index in [0.29, 0.717) is 24.7 Å². The topological polar surface area (TPSA) is 102 Å². The molecule has 6 nitrogen and oxygen atoms in total. The molecule has 0 saturated carbocycles. The van der Waals surface area contributed by atoms with Gasteiger partial charge in [-0.3, -0.25) is 4.79 Å². The lowest BCUT2D eigenvalue weighted by Gasteiger charge is -2.20. The number of carbonyl (C=O) groups is 1. The van der Waals surface area contributed by atoms with E-state index in [-0.39, 0.29) is 11.3 Å². The monoisotopic (exact) mass is 225 g/mol. The van der Waals surface area contributed by atoms with Crippen molar-refractivity contribution in [1.29, 1.82) is 0 Å². The fourth-order valence-electron chi connectivity index (χ4n) is 1.48. The van der Waals surface area contributed by atoms with Gasteiger partial charge in [-0.1, -0.05) is 0 Å². The van der Waals surface area contributed by atoms with E-state index in [1.807, 2.05) is 0 Å². The molecule has 16 heavy (non-hydrogen) atoms. The summed E-state index contributed by atoms with van der Waals surface area (Å²) in [5.74, 6) is -0.632. The molecule has 1 unspecified atom stereocenters. The quantitative estimate of drug-likeness (QED) is 0.666. The third-order valence-corrected chi connectivity index (χ3v) is 2.29. The van der Waals surface area contributed by atoms with Gasteiger partial charge >= 0.3 is 5.97 Å². The molecule has 0 amide bonds. The van der Waals surface area contributed by atoms with Crippen molar-refractivity contribution in [2.75, 3.05) is 13.2 Å². The van der Waals surface area contributed by atoms with Crippen LogP contribution in [-0.4, -0.2) is 29.4 Å². The first kappa shape index (κ1) is 10.6. The molecular weight excluding hydrogens is 214 g/mol. The smallest absolute Gasteiger partial charge is 0.325 e. The molecule has 0 fully saturated rings. The maximum absolute atomic E-state index is 10.7. The van der Waals surface area contributed by atoms with Gasteiger partial charge in [-0.05, 0) is 6.07 Å². The number of aromatic hydroxyl groups is 1. The third kappa shape index (κ3) is 1.74. The number of phenolic OH excluding ortho intramolecular Hbond substituents is 1. The van der Waals surface area contributed by atoms with Crippen LogP contribution in [0.1, 0.15) is 11.6 Å². The van der Waals surface area contributed by atoms with Crippen LogP contribution in [0.2, 0.25) is 0 Å². The van der Waals surface area contributed by atoms with Crippen LogP contribution in [0.25, 0.3) is 0 Å². The number of benzene rings is 1. The summed E-state index contributed by atoms with van der Waals surface area (Å²) in [7, 11) is 0. The standard InChI is InChI=1S/C10H11NO5/c11-9(10(13)14)5-3-7-8(4-6(5)12)16-2-1-15-7/h3-4,9,12H,1-2,11H2,(H,13,14). The van der Waals surface area contributed by atoms with Gasteiger partial charge in [-0.2, -0.15) is 0 Å². The molecule has 86 valence electrons. The number of aliphatic carboxylic acids is 1. The number of carboxylic acid groups (broad SMARTS) is 1. The molecule has 1 atom stereocenters. The summed E-state index contributed by atoms with van der Waals surface area (Å²) in [5.41, 5.74) is 5.52. The van der Waals surface area contributed by atoms with Gasteiger partial charge in [-0.25, -0.2) is 0 Å². The molecule has 1 aromatic carbocycles. The van der Waals surface area contributed by atoms with Crippen molar-refractivity contribution in [1.82, 2.24) is 0 Å². The molecule has 0 aromatic heterocycles. The zero-order chi connectivity index (χ0) is 11.7. The highest BCUT2D eigenvalue weighted by Crippen LogP contribution is 2.38. The highest BCUT2D eigenvalue weighted by molar-refractivity contribution is 5.77. The van der Waals surface area contributed by atoms with Crippen LogP contribution < -0.4 is 15.2 Å². The number of nitrogens with two attached hydrogens (primary N) is 1. The van der Waals surface area contributed by atoms with E-state index in [2.05, 4.69) is 0 Å². The molecule has 4 N–H and O–H groups in total. The summed E-state index contributed by atoms with van der Waals surface area (Å²) >= 11 is 0. The molecule has 0 aliphatic carbocycles. The molecule has 1 aliphatic heterocycles. The van der Waals surface area contributed by atoms with E-state index < -0.39 is 12.0 Å². The highest BCUT2D eigenvalue weighted by atomic mass is 16.6. The van der Waals surface area contributed by atoms with Gasteiger partial charge in [0.2, 0.25) is 0 Å². The predicted octanol–water partition coefficient (Wildman–Crippen LogP) is 0.248. The van der Waals surface area contributed by atoms with Gasteiger partial charge in [0.1, 0.15) is 25.0 Å².